The van der Waals surface area contributed by atoms with E-state index in [1.807, 2.05) is 6.92 Å². The van der Waals surface area contributed by atoms with Crippen molar-refractivity contribution in [1.82, 2.24) is 0 Å². The maximum atomic E-state index is 11.7. The molecule has 0 aromatic rings. The van der Waals surface area contributed by atoms with Crippen LogP contribution >= 0.6 is 0 Å². The molecule has 3 heteroatoms. The number of aldehydes is 1. The van der Waals surface area contributed by atoms with Crippen molar-refractivity contribution < 1.29 is 14.3 Å². The molecule has 4 unspecified atom stereocenters. The molecule has 1 aliphatic rings. The Morgan fingerprint density at radius 2 is 2.21 bits per heavy atom. The van der Waals surface area contributed by atoms with E-state index in [9.17, 15) is 9.59 Å². The van der Waals surface area contributed by atoms with E-state index in [-0.39, 0.29) is 23.7 Å². The van der Waals surface area contributed by atoms with E-state index in [0.717, 1.165) is 12.7 Å². The zero-order valence-corrected chi connectivity index (χ0v) is 9.03. The minimum atomic E-state index is -0.228. The van der Waals surface area contributed by atoms with Crippen molar-refractivity contribution in [2.24, 2.45) is 17.8 Å². The Balaban J connectivity index is 2.78. The lowest BCUT2D eigenvalue weighted by Crippen LogP contribution is -2.41. The maximum Gasteiger partial charge on any atom is 0.139 e. The molecule has 1 saturated carbocycles. The summed E-state index contributed by atoms with van der Waals surface area (Å²) in [5, 5.41) is 0. The number of carbonyl (C=O) groups is 2. The summed E-state index contributed by atoms with van der Waals surface area (Å²) in [6.07, 6.45) is 2.24. The fourth-order valence-electron chi connectivity index (χ4n) is 2.27. The van der Waals surface area contributed by atoms with Gasteiger partial charge in [0.1, 0.15) is 12.1 Å². The van der Waals surface area contributed by atoms with Crippen molar-refractivity contribution in [3.8, 4) is 0 Å². The Labute approximate surface area is 84.8 Å². The summed E-state index contributed by atoms with van der Waals surface area (Å²) in [6.45, 7) is 3.84. The van der Waals surface area contributed by atoms with Gasteiger partial charge < -0.3 is 9.53 Å². The average molecular weight is 198 g/mol. The van der Waals surface area contributed by atoms with Crippen molar-refractivity contribution in [2.45, 2.75) is 32.8 Å². The number of methoxy groups -OCH3 is 1. The van der Waals surface area contributed by atoms with Gasteiger partial charge in [-0.2, -0.15) is 0 Å². The van der Waals surface area contributed by atoms with Crippen molar-refractivity contribution in [3.05, 3.63) is 0 Å². The number of Topliss-reactive ketones (excluding diaryl/α,β-unsaturated/α-hetero) is 1. The Bertz CT molecular complexity index is 225. The van der Waals surface area contributed by atoms with Crippen LogP contribution < -0.4 is 0 Å². The van der Waals surface area contributed by atoms with E-state index in [4.69, 9.17) is 4.74 Å². The van der Waals surface area contributed by atoms with Crippen molar-refractivity contribution in [1.29, 1.82) is 0 Å². The van der Waals surface area contributed by atoms with E-state index < -0.39 is 0 Å². The second kappa shape index (κ2) is 4.69. The fourth-order valence-corrected chi connectivity index (χ4v) is 2.27. The highest BCUT2D eigenvalue weighted by Gasteiger charge is 2.38. The average Bonchev–Trinajstić information content (AvgIpc) is 2.15. The van der Waals surface area contributed by atoms with Gasteiger partial charge in [0.2, 0.25) is 0 Å². The van der Waals surface area contributed by atoms with Crippen LogP contribution in [0.3, 0.4) is 0 Å². The van der Waals surface area contributed by atoms with Crippen LogP contribution in [-0.2, 0) is 14.3 Å². The number of hydrogen-bond acceptors (Lipinski definition) is 3. The predicted octanol–water partition coefficient (Wildman–Crippen LogP) is 1.45. The quantitative estimate of drug-likeness (QED) is 0.645. The molecule has 0 aromatic carbocycles. The van der Waals surface area contributed by atoms with Gasteiger partial charge in [-0.25, -0.2) is 0 Å². The van der Waals surface area contributed by atoms with Gasteiger partial charge in [-0.05, 0) is 12.3 Å². The van der Waals surface area contributed by atoms with E-state index >= 15 is 0 Å². The summed E-state index contributed by atoms with van der Waals surface area (Å²) in [4.78, 5) is 22.4. The molecule has 0 saturated heterocycles. The smallest absolute Gasteiger partial charge is 0.139 e. The molecular formula is C11H18O3. The van der Waals surface area contributed by atoms with E-state index in [1.165, 1.54) is 0 Å². The molecule has 1 fully saturated rings. The third kappa shape index (κ3) is 2.21. The molecule has 80 valence electrons. The lowest BCUT2D eigenvalue weighted by atomic mass is 9.74. The maximum absolute atomic E-state index is 11.7. The molecule has 1 aliphatic carbocycles. The molecule has 1 rings (SSSR count). The van der Waals surface area contributed by atoms with Gasteiger partial charge in [-0.3, -0.25) is 4.79 Å². The third-order valence-electron chi connectivity index (χ3n) is 3.04. The van der Waals surface area contributed by atoms with Crippen LogP contribution in [0.25, 0.3) is 0 Å². The summed E-state index contributed by atoms with van der Waals surface area (Å²) in [5.41, 5.74) is 0. The van der Waals surface area contributed by atoms with Gasteiger partial charge in [-0.15, -0.1) is 0 Å². The van der Waals surface area contributed by atoms with Crippen LogP contribution in [0.2, 0.25) is 0 Å². The number of ether oxygens (including phenoxy) is 1. The first-order chi connectivity index (χ1) is 6.60. The van der Waals surface area contributed by atoms with Crippen LogP contribution in [0.15, 0.2) is 0 Å². The lowest BCUT2D eigenvalue weighted by Gasteiger charge is -2.34. The van der Waals surface area contributed by atoms with Crippen LogP contribution in [0.5, 0.6) is 0 Å². The number of carbonyl (C=O) groups excluding carboxylic acids is 2. The van der Waals surface area contributed by atoms with Gasteiger partial charge in [0.05, 0.1) is 12.0 Å². The molecule has 0 N–H and O–H groups in total. The van der Waals surface area contributed by atoms with Crippen LogP contribution in [0.1, 0.15) is 26.7 Å². The SMILES string of the molecule is COC1CC(C)CC(=O)C1C(C)C=O. The van der Waals surface area contributed by atoms with Crippen molar-refractivity contribution >= 4 is 12.1 Å². The Morgan fingerprint density at radius 3 is 2.71 bits per heavy atom. The molecule has 0 aromatic heterocycles. The topological polar surface area (TPSA) is 43.4 Å². The molecule has 0 aliphatic heterocycles. The molecular weight excluding hydrogens is 180 g/mol. The molecule has 3 nitrogen and oxygen atoms in total. The van der Waals surface area contributed by atoms with Crippen LogP contribution in [0.4, 0.5) is 0 Å². The molecule has 4 atom stereocenters. The molecule has 0 spiro atoms. The highest BCUT2D eigenvalue weighted by molar-refractivity contribution is 5.85. The number of rotatable bonds is 3. The highest BCUT2D eigenvalue weighted by atomic mass is 16.5. The molecule has 14 heavy (non-hydrogen) atoms. The van der Waals surface area contributed by atoms with Crippen LogP contribution in [-0.4, -0.2) is 25.3 Å². The Hall–Kier alpha value is -0.700. The zero-order valence-electron chi connectivity index (χ0n) is 9.03. The molecule has 0 radical (unpaired) electrons. The van der Waals surface area contributed by atoms with E-state index in [1.54, 1.807) is 14.0 Å². The van der Waals surface area contributed by atoms with E-state index in [0.29, 0.717) is 12.3 Å². The second-order valence-corrected chi connectivity index (χ2v) is 4.31. The molecule has 0 amide bonds. The standard InChI is InChI=1S/C11H18O3/c1-7-4-9(13)11(8(2)6-12)10(5-7)14-3/h6-8,10-11H,4-5H2,1-3H3. The first-order valence-corrected chi connectivity index (χ1v) is 5.11. The van der Waals surface area contributed by atoms with Gasteiger partial charge in [-0.1, -0.05) is 13.8 Å². The van der Waals surface area contributed by atoms with Gasteiger partial charge >= 0.3 is 0 Å². The lowest BCUT2D eigenvalue weighted by molar-refractivity contribution is -0.138. The van der Waals surface area contributed by atoms with Gasteiger partial charge in [0.25, 0.3) is 0 Å². The van der Waals surface area contributed by atoms with Crippen LogP contribution in [0, 0.1) is 17.8 Å². The molecule has 0 heterocycles. The predicted molar refractivity (Wildman–Crippen MR) is 52.9 cm³/mol. The second-order valence-electron chi connectivity index (χ2n) is 4.31. The minimum Gasteiger partial charge on any atom is -0.381 e. The first kappa shape index (κ1) is 11.4. The zero-order chi connectivity index (χ0) is 10.7. The summed E-state index contributed by atoms with van der Waals surface area (Å²) in [7, 11) is 1.61. The normalized spacial score (nSPS) is 35.4. The van der Waals surface area contributed by atoms with Gasteiger partial charge in [0, 0.05) is 19.4 Å². The highest BCUT2D eigenvalue weighted by Crippen LogP contribution is 2.31. The largest absolute Gasteiger partial charge is 0.381 e. The van der Waals surface area contributed by atoms with Gasteiger partial charge in [0.15, 0.2) is 0 Å². The first-order valence-electron chi connectivity index (χ1n) is 5.11. The number of ketones is 1. The molecule has 0 bridgehead atoms. The summed E-state index contributed by atoms with van der Waals surface area (Å²) in [6, 6.07) is 0. The Kier molecular flexibility index (Phi) is 3.81. The summed E-state index contributed by atoms with van der Waals surface area (Å²) >= 11 is 0. The van der Waals surface area contributed by atoms with Crippen molar-refractivity contribution in [3.63, 3.8) is 0 Å². The third-order valence-corrected chi connectivity index (χ3v) is 3.04. The fraction of sp³-hybridized carbons (Fsp3) is 0.818. The van der Waals surface area contributed by atoms with Crippen molar-refractivity contribution in [2.75, 3.05) is 7.11 Å². The summed E-state index contributed by atoms with van der Waals surface area (Å²) in [5.74, 6) is 0.103. The minimum absolute atomic E-state index is 0.0774. The Morgan fingerprint density at radius 1 is 1.57 bits per heavy atom. The number of hydrogen-bond donors (Lipinski definition) is 0. The van der Waals surface area contributed by atoms with E-state index in [2.05, 4.69) is 0 Å². The monoisotopic (exact) mass is 198 g/mol. The summed E-state index contributed by atoms with van der Waals surface area (Å²) < 4.78 is 5.29.